The Hall–Kier alpha value is -0.450. The van der Waals surface area contributed by atoms with E-state index in [9.17, 15) is 4.79 Å². The first-order valence-electron chi connectivity index (χ1n) is 5.29. The second kappa shape index (κ2) is 6.92. The van der Waals surface area contributed by atoms with Crippen LogP contribution in [0.2, 0.25) is 0 Å². The molecule has 0 aromatic carbocycles. The molecule has 4 nitrogen and oxygen atoms in total. The third-order valence-electron chi connectivity index (χ3n) is 2.39. The van der Waals surface area contributed by atoms with Crippen LogP contribution in [-0.4, -0.2) is 31.8 Å². The highest BCUT2D eigenvalue weighted by atomic mass is 16.7. The maximum atomic E-state index is 10.6. The van der Waals surface area contributed by atoms with Crippen molar-refractivity contribution in [2.75, 3.05) is 13.2 Å². The molecule has 1 atom stereocenters. The molecule has 0 spiro atoms. The first-order valence-corrected chi connectivity index (χ1v) is 5.29. The van der Waals surface area contributed by atoms with Crippen molar-refractivity contribution in [1.82, 2.24) is 0 Å². The van der Waals surface area contributed by atoms with Crippen molar-refractivity contribution in [2.24, 2.45) is 5.73 Å². The third kappa shape index (κ3) is 4.17. The molecule has 0 heterocycles. The van der Waals surface area contributed by atoms with Gasteiger partial charge in [0.2, 0.25) is 6.29 Å². The van der Waals surface area contributed by atoms with Crippen LogP contribution in [0.15, 0.2) is 0 Å². The van der Waals surface area contributed by atoms with Gasteiger partial charge < -0.3 is 15.2 Å². The molecule has 1 fully saturated rings. The molecular formula is C10H19NO3. The molecule has 14 heavy (non-hydrogen) atoms. The Balaban J connectivity index is 2.20. The quantitative estimate of drug-likeness (QED) is 0.511. The van der Waals surface area contributed by atoms with Gasteiger partial charge in [-0.2, -0.15) is 0 Å². The second-order valence-corrected chi connectivity index (χ2v) is 3.56. The zero-order chi connectivity index (χ0) is 10.2. The summed E-state index contributed by atoms with van der Waals surface area (Å²) in [5.41, 5.74) is 5.27. The van der Waals surface area contributed by atoms with Crippen molar-refractivity contribution in [2.45, 2.75) is 44.5 Å². The SMILES string of the molecule is NCCOC(C=O)OC1CCCCC1. The fourth-order valence-corrected chi connectivity index (χ4v) is 1.69. The van der Waals surface area contributed by atoms with E-state index in [0.717, 1.165) is 12.8 Å². The lowest BCUT2D eigenvalue weighted by Gasteiger charge is -2.24. The van der Waals surface area contributed by atoms with Crippen molar-refractivity contribution < 1.29 is 14.3 Å². The van der Waals surface area contributed by atoms with Crippen LogP contribution in [0.1, 0.15) is 32.1 Å². The molecule has 0 amide bonds. The third-order valence-corrected chi connectivity index (χ3v) is 2.39. The van der Waals surface area contributed by atoms with Crippen LogP contribution in [0, 0.1) is 0 Å². The molecule has 0 bridgehead atoms. The molecule has 0 saturated heterocycles. The lowest BCUT2D eigenvalue weighted by molar-refractivity contribution is -0.175. The predicted octanol–water partition coefficient (Wildman–Crippen LogP) is 0.836. The number of aldehydes is 1. The lowest BCUT2D eigenvalue weighted by atomic mass is 9.98. The lowest BCUT2D eigenvalue weighted by Crippen LogP contribution is -2.29. The Labute approximate surface area is 84.7 Å². The highest BCUT2D eigenvalue weighted by molar-refractivity contribution is 5.53. The Morgan fingerprint density at radius 1 is 1.36 bits per heavy atom. The Morgan fingerprint density at radius 2 is 2.07 bits per heavy atom. The number of carbonyl (C=O) groups is 1. The van der Waals surface area contributed by atoms with Crippen LogP contribution in [-0.2, 0) is 14.3 Å². The summed E-state index contributed by atoms with van der Waals surface area (Å²) >= 11 is 0. The summed E-state index contributed by atoms with van der Waals surface area (Å²) in [6, 6.07) is 0. The Morgan fingerprint density at radius 3 is 2.64 bits per heavy atom. The largest absolute Gasteiger partial charge is 0.345 e. The van der Waals surface area contributed by atoms with E-state index in [4.69, 9.17) is 15.2 Å². The summed E-state index contributed by atoms with van der Waals surface area (Å²) < 4.78 is 10.6. The molecular weight excluding hydrogens is 182 g/mol. The van der Waals surface area contributed by atoms with Crippen LogP contribution in [0.25, 0.3) is 0 Å². The van der Waals surface area contributed by atoms with E-state index in [2.05, 4.69) is 0 Å². The summed E-state index contributed by atoms with van der Waals surface area (Å²) in [6.45, 7) is 0.786. The highest BCUT2D eigenvalue weighted by Crippen LogP contribution is 2.21. The topological polar surface area (TPSA) is 61.5 Å². The summed E-state index contributed by atoms with van der Waals surface area (Å²) in [5.74, 6) is 0. The first kappa shape index (κ1) is 11.6. The minimum Gasteiger partial charge on any atom is -0.345 e. The van der Waals surface area contributed by atoms with E-state index < -0.39 is 6.29 Å². The molecule has 1 rings (SSSR count). The number of nitrogens with two attached hydrogens (primary N) is 1. The van der Waals surface area contributed by atoms with Crippen LogP contribution < -0.4 is 5.73 Å². The van der Waals surface area contributed by atoms with E-state index in [1.165, 1.54) is 19.3 Å². The average Bonchev–Trinajstić information content (AvgIpc) is 2.25. The van der Waals surface area contributed by atoms with Gasteiger partial charge in [-0.3, -0.25) is 4.79 Å². The van der Waals surface area contributed by atoms with Gasteiger partial charge in [0.05, 0.1) is 12.7 Å². The van der Waals surface area contributed by atoms with Crippen molar-refractivity contribution in [3.63, 3.8) is 0 Å². The van der Waals surface area contributed by atoms with Gasteiger partial charge in [0.25, 0.3) is 0 Å². The molecule has 1 saturated carbocycles. The molecule has 2 N–H and O–H groups in total. The van der Waals surface area contributed by atoms with Crippen LogP contribution in [0.4, 0.5) is 0 Å². The molecule has 1 aliphatic rings. The van der Waals surface area contributed by atoms with Crippen molar-refractivity contribution >= 4 is 6.29 Å². The minimum atomic E-state index is -0.721. The van der Waals surface area contributed by atoms with Crippen molar-refractivity contribution in [1.29, 1.82) is 0 Å². The predicted molar refractivity (Wildman–Crippen MR) is 52.8 cm³/mol. The van der Waals surface area contributed by atoms with Gasteiger partial charge in [-0.05, 0) is 12.8 Å². The summed E-state index contributed by atoms with van der Waals surface area (Å²) in [7, 11) is 0. The van der Waals surface area contributed by atoms with Crippen molar-refractivity contribution in [3.8, 4) is 0 Å². The molecule has 0 aromatic heterocycles. The van der Waals surface area contributed by atoms with Gasteiger partial charge in [-0.25, -0.2) is 0 Å². The van der Waals surface area contributed by atoms with Crippen molar-refractivity contribution in [3.05, 3.63) is 0 Å². The normalized spacial score (nSPS) is 20.6. The molecule has 4 heteroatoms. The first-order chi connectivity index (χ1) is 6.86. The maximum absolute atomic E-state index is 10.6. The van der Waals surface area contributed by atoms with E-state index in [1.807, 2.05) is 0 Å². The minimum absolute atomic E-state index is 0.191. The zero-order valence-electron chi connectivity index (χ0n) is 8.48. The number of carbonyl (C=O) groups excluding carboxylic acids is 1. The smallest absolute Gasteiger partial charge is 0.214 e. The zero-order valence-corrected chi connectivity index (χ0v) is 8.48. The van der Waals surface area contributed by atoms with Gasteiger partial charge in [-0.15, -0.1) is 0 Å². The van der Waals surface area contributed by atoms with Gasteiger partial charge in [0, 0.05) is 6.54 Å². The van der Waals surface area contributed by atoms with Gasteiger partial charge in [0.15, 0.2) is 6.29 Å². The Kier molecular flexibility index (Phi) is 5.75. The van der Waals surface area contributed by atoms with Gasteiger partial charge in [0.1, 0.15) is 0 Å². The Bertz CT molecular complexity index is 157. The van der Waals surface area contributed by atoms with Crippen LogP contribution in [0.3, 0.4) is 0 Å². The monoisotopic (exact) mass is 201 g/mol. The second-order valence-electron chi connectivity index (χ2n) is 3.56. The number of hydrogen-bond donors (Lipinski definition) is 1. The summed E-state index contributed by atoms with van der Waals surface area (Å²) in [6.07, 6.45) is 5.89. The number of hydrogen-bond acceptors (Lipinski definition) is 4. The van der Waals surface area contributed by atoms with E-state index in [0.29, 0.717) is 19.4 Å². The average molecular weight is 201 g/mol. The molecule has 0 radical (unpaired) electrons. The van der Waals surface area contributed by atoms with Gasteiger partial charge >= 0.3 is 0 Å². The van der Waals surface area contributed by atoms with Crippen LogP contribution >= 0.6 is 0 Å². The van der Waals surface area contributed by atoms with E-state index in [1.54, 1.807) is 0 Å². The van der Waals surface area contributed by atoms with Gasteiger partial charge in [-0.1, -0.05) is 19.3 Å². The number of ether oxygens (including phenoxy) is 2. The molecule has 82 valence electrons. The van der Waals surface area contributed by atoms with E-state index >= 15 is 0 Å². The molecule has 0 aliphatic heterocycles. The highest BCUT2D eigenvalue weighted by Gasteiger charge is 2.18. The van der Waals surface area contributed by atoms with E-state index in [-0.39, 0.29) is 6.10 Å². The number of rotatable bonds is 6. The maximum Gasteiger partial charge on any atom is 0.214 e. The van der Waals surface area contributed by atoms with Crippen LogP contribution in [0.5, 0.6) is 0 Å². The molecule has 1 unspecified atom stereocenters. The molecule has 1 aliphatic carbocycles. The fraction of sp³-hybridized carbons (Fsp3) is 0.900. The summed E-state index contributed by atoms with van der Waals surface area (Å²) in [4.78, 5) is 10.6. The standard InChI is InChI=1S/C10H19NO3/c11-6-7-13-10(8-12)14-9-4-2-1-3-5-9/h8-10H,1-7,11H2. The summed E-state index contributed by atoms with van der Waals surface area (Å²) in [5, 5.41) is 0. The fourth-order valence-electron chi connectivity index (χ4n) is 1.69. The molecule has 0 aromatic rings.